The molecule has 1 saturated heterocycles. The van der Waals surface area contributed by atoms with Gasteiger partial charge in [0.05, 0.1) is 20.8 Å². The van der Waals surface area contributed by atoms with E-state index in [0.29, 0.717) is 29.2 Å². The van der Waals surface area contributed by atoms with Gasteiger partial charge in [0.1, 0.15) is 0 Å². The summed E-state index contributed by atoms with van der Waals surface area (Å²) in [5, 5.41) is 3.25. The van der Waals surface area contributed by atoms with E-state index in [0.717, 1.165) is 25.9 Å². The topological polar surface area (TPSA) is 49.0 Å². The van der Waals surface area contributed by atoms with Crippen molar-refractivity contribution in [2.45, 2.75) is 19.2 Å². The summed E-state index contributed by atoms with van der Waals surface area (Å²) >= 11 is 0. The molecule has 0 radical (unpaired) electrons. The van der Waals surface area contributed by atoms with Crippen molar-refractivity contribution in [1.29, 1.82) is 0 Å². The summed E-state index contributed by atoms with van der Waals surface area (Å²) in [6.07, 6.45) is -2.97. The molecule has 2 aromatic rings. The Labute approximate surface area is 179 Å². The Hall–Kier alpha value is -2.32. The smallest absolute Gasteiger partial charge is 0.493 e. The van der Waals surface area contributed by atoms with Gasteiger partial charge in [-0.3, -0.25) is 0 Å². The minimum Gasteiger partial charge on any atom is -0.493 e. The van der Waals surface area contributed by atoms with Crippen molar-refractivity contribution in [3.05, 3.63) is 36.4 Å². The van der Waals surface area contributed by atoms with Crippen LogP contribution in [0.25, 0.3) is 11.1 Å². The number of methoxy groups -OCH3 is 2. The predicted molar refractivity (Wildman–Crippen MR) is 110 cm³/mol. The van der Waals surface area contributed by atoms with Gasteiger partial charge in [0.2, 0.25) is 0 Å². The van der Waals surface area contributed by atoms with E-state index < -0.39 is 6.36 Å². The highest BCUT2D eigenvalue weighted by molar-refractivity contribution is 5.85. The number of para-hydroxylation sites is 1. The highest BCUT2D eigenvalue weighted by Gasteiger charge is 2.33. The lowest BCUT2D eigenvalue weighted by molar-refractivity contribution is -0.275. The van der Waals surface area contributed by atoms with Crippen LogP contribution in [0.4, 0.5) is 13.2 Å². The van der Waals surface area contributed by atoms with Crippen molar-refractivity contribution >= 4 is 12.4 Å². The first-order chi connectivity index (χ1) is 13.9. The third-order valence-electron chi connectivity index (χ3n) is 4.82. The summed E-state index contributed by atoms with van der Waals surface area (Å²) < 4.78 is 59.2. The number of ether oxygens (including phenoxy) is 4. The summed E-state index contributed by atoms with van der Waals surface area (Å²) in [6, 6.07) is 9.68. The standard InChI is InChI=1S/C21H24F3NO4.ClH/c1-26-18-5-3-4-16(20(18)27-2)15-6-7-17(29-21(22,23)24)19(12-15)28-13-14-8-10-25-11-9-14;/h3-7,12,14,25H,8-11,13H2,1-2H3;1H. The van der Waals surface area contributed by atoms with Crippen LogP contribution in [-0.4, -0.2) is 40.3 Å². The zero-order valence-electron chi connectivity index (χ0n) is 16.8. The van der Waals surface area contributed by atoms with Gasteiger partial charge in [0, 0.05) is 5.56 Å². The molecule has 9 heteroatoms. The molecule has 166 valence electrons. The molecule has 0 unspecified atom stereocenters. The average molecular weight is 448 g/mol. The normalized spacial score (nSPS) is 14.6. The monoisotopic (exact) mass is 447 g/mol. The van der Waals surface area contributed by atoms with Gasteiger partial charge in [-0.05, 0) is 55.6 Å². The molecule has 1 heterocycles. The van der Waals surface area contributed by atoms with Crippen LogP contribution in [0.15, 0.2) is 36.4 Å². The second-order valence-corrected chi connectivity index (χ2v) is 6.75. The van der Waals surface area contributed by atoms with Crippen molar-refractivity contribution in [3.63, 3.8) is 0 Å². The quantitative estimate of drug-likeness (QED) is 0.642. The second kappa shape index (κ2) is 10.6. The number of nitrogens with one attached hydrogen (secondary N) is 1. The Bertz CT molecular complexity index is 826. The largest absolute Gasteiger partial charge is 0.573 e. The Balaban J connectivity index is 0.00000320. The van der Waals surface area contributed by atoms with Gasteiger partial charge < -0.3 is 24.3 Å². The van der Waals surface area contributed by atoms with Gasteiger partial charge in [-0.1, -0.05) is 18.2 Å². The van der Waals surface area contributed by atoms with E-state index in [1.165, 1.54) is 26.4 Å². The van der Waals surface area contributed by atoms with Crippen molar-refractivity contribution in [1.82, 2.24) is 5.32 Å². The molecular weight excluding hydrogens is 423 g/mol. The second-order valence-electron chi connectivity index (χ2n) is 6.75. The number of benzene rings is 2. The van der Waals surface area contributed by atoms with E-state index in [-0.39, 0.29) is 29.8 Å². The molecule has 2 aromatic carbocycles. The lowest BCUT2D eigenvalue weighted by Crippen LogP contribution is -2.30. The van der Waals surface area contributed by atoms with Crippen LogP contribution < -0.4 is 24.3 Å². The molecule has 5 nitrogen and oxygen atoms in total. The van der Waals surface area contributed by atoms with Gasteiger partial charge in [0.15, 0.2) is 23.0 Å². The Morgan fingerprint density at radius 2 is 1.70 bits per heavy atom. The SMILES string of the molecule is COc1cccc(-c2ccc(OC(F)(F)F)c(OCC3CCNCC3)c2)c1OC.Cl. The third kappa shape index (κ3) is 6.09. The predicted octanol–water partition coefficient (Wildman–Crippen LogP) is 5.07. The lowest BCUT2D eigenvalue weighted by Gasteiger charge is -2.23. The Kier molecular flexibility index (Phi) is 8.49. The number of halogens is 4. The van der Waals surface area contributed by atoms with Crippen LogP contribution >= 0.6 is 12.4 Å². The van der Waals surface area contributed by atoms with E-state index in [4.69, 9.17) is 14.2 Å². The lowest BCUT2D eigenvalue weighted by atomic mass is 9.99. The van der Waals surface area contributed by atoms with E-state index in [9.17, 15) is 13.2 Å². The molecule has 0 bridgehead atoms. The number of hydrogen-bond acceptors (Lipinski definition) is 5. The Morgan fingerprint density at radius 1 is 0.967 bits per heavy atom. The molecule has 0 aromatic heterocycles. The Morgan fingerprint density at radius 3 is 2.33 bits per heavy atom. The summed E-state index contributed by atoms with van der Waals surface area (Å²) in [4.78, 5) is 0. The van der Waals surface area contributed by atoms with E-state index in [2.05, 4.69) is 10.1 Å². The average Bonchev–Trinajstić information content (AvgIpc) is 2.72. The number of hydrogen-bond donors (Lipinski definition) is 1. The first-order valence-corrected chi connectivity index (χ1v) is 9.36. The van der Waals surface area contributed by atoms with Gasteiger partial charge >= 0.3 is 6.36 Å². The fourth-order valence-corrected chi connectivity index (χ4v) is 3.37. The summed E-state index contributed by atoms with van der Waals surface area (Å²) in [7, 11) is 3.03. The maximum Gasteiger partial charge on any atom is 0.573 e. The first kappa shape index (κ1) is 24.0. The van der Waals surface area contributed by atoms with E-state index in [1.54, 1.807) is 24.3 Å². The highest BCUT2D eigenvalue weighted by atomic mass is 35.5. The maximum absolute atomic E-state index is 12.8. The molecule has 30 heavy (non-hydrogen) atoms. The fraction of sp³-hybridized carbons (Fsp3) is 0.429. The van der Waals surface area contributed by atoms with Crippen molar-refractivity contribution in [2.24, 2.45) is 5.92 Å². The first-order valence-electron chi connectivity index (χ1n) is 9.36. The van der Waals surface area contributed by atoms with E-state index >= 15 is 0 Å². The molecule has 0 amide bonds. The van der Waals surface area contributed by atoms with Crippen LogP contribution in [0.1, 0.15) is 12.8 Å². The van der Waals surface area contributed by atoms with Crippen LogP contribution in [-0.2, 0) is 0 Å². The number of rotatable bonds is 7. The molecule has 1 fully saturated rings. The minimum atomic E-state index is -4.80. The molecule has 0 spiro atoms. The van der Waals surface area contributed by atoms with Crippen LogP contribution in [0.3, 0.4) is 0 Å². The molecule has 0 aliphatic carbocycles. The minimum absolute atomic E-state index is 0. The highest BCUT2D eigenvalue weighted by Crippen LogP contribution is 2.42. The number of alkyl halides is 3. The van der Waals surface area contributed by atoms with Gasteiger partial charge in [0.25, 0.3) is 0 Å². The molecule has 1 aliphatic rings. The molecule has 3 rings (SSSR count). The summed E-state index contributed by atoms with van der Waals surface area (Å²) in [5.41, 5.74) is 1.31. The molecular formula is C21H25ClF3NO4. The van der Waals surface area contributed by atoms with Crippen LogP contribution in [0.2, 0.25) is 0 Å². The molecule has 1 N–H and O–H groups in total. The molecule has 1 aliphatic heterocycles. The third-order valence-corrected chi connectivity index (χ3v) is 4.82. The summed E-state index contributed by atoms with van der Waals surface area (Å²) in [5.74, 6) is 0.979. The molecule has 0 atom stereocenters. The summed E-state index contributed by atoms with van der Waals surface area (Å²) in [6.45, 7) is 2.08. The van der Waals surface area contributed by atoms with Crippen LogP contribution in [0.5, 0.6) is 23.0 Å². The van der Waals surface area contributed by atoms with Crippen molar-refractivity contribution in [3.8, 4) is 34.1 Å². The van der Waals surface area contributed by atoms with Crippen molar-refractivity contribution < 1.29 is 32.1 Å². The van der Waals surface area contributed by atoms with Crippen LogP contribution in [0, 0.1) is 5.92 Å². The zero-order chi connectivity index (χ0) is 20.9. The maximum atomic E-state index is 12.8. The van der Waals surface area contributed by atoms with Gasteiger partial charge in [-0.15, -0.1) is 25.6 Å². The molecule has 0 saturated carbocycles. The van der Waals surface area contributed by atoms with Gasteiger partial charge in [-0.25, -0.2) is 0 Å². The zero-order valence-corrected chi connectivity index (χ0v) is 17.6. The van der Waals surface area contributed by atoms with Gasteiger partial charge in [-0.2, -0.15) is 0 Å². The number of piperidine rings is 1. The van der Waals surface area contributed by atoms with E-state index in [1.807, 2.05) is 0 Å². The van der Waals surface area contributed by atoms with Crippen molar-refractivity contribution in [2.75, 3.05) is 33.9 Å². The fourth-order valence-electron chi connectivity index (χ4n) is 3.37.